The maximum atomic E-state index is 12.8. The monoisotopic (exact) mass is 383 g/mol. The van der Waals surface area contributed by atoms with E-state index in [9.17, 15) is 4.79 Å². The Morgan fingerprint density at radius 3 is 2.54 bits per heavy atom. The summed E-state index contributed by atoms with van der Waals surface area (Å²) in [4.78, 5) is 18.0. The number of carbonyl (C=O) groups excluding carboxylic acids is 1. The molecule has 0 spiro atoms. The number of carbonyl (C=O) groups is 1. The Kier molecular flexibility index (Phi) is 6.37. The molecule has 4 rings (SSSR count). The third kappa shape index (κ3) is 4.96. The first-order valence-electron chi connectivity index (χ1n) is 11.5. The Morgan fingerprint density at radius 1 is 1.11 bits per heavy atom. The molecule has 2 saturated heterocycles. The Balaban J connectivity index is 1.21. The molecule has 1 saturated carbocycles. The van der Waals surface area contributed by atoms with Crippen molar-refractivity contribution >= 4 is 5.91 Å². The third-order valence-electron chi connectivity index (χ3n) is 7.38. The van der Waals surface area contributed by atoms with Gasteiger partial charge in [-0.15, -0.1) is 0 Å². The average Bonchev–Trinajstić information content (AvgIpc) is 3.53. The summed E-state index contributed by atoms with van der Waals surface area (Å²) in [5, 5.41) is 3.38. The zero-order valence-corrected chi connectivity index (χ0v) is 17.5. The Hall–Kier alpha value is -1.39. The Labute approximate surface area is 170 Å². The topological polar surface area (TPSA) is 35.6 Å². The van der Waals surface area contributed by atoms with Gasteiger partial charge in [-0.05, 0) is 76.6 Å². The first kappa shape index (κ1) is 19.9. The predicted octanol–water partition coefficient (Wildman–Crippen LogP) is 3.46. The number of nitrogens with one attached hydrogen (secondary N) is 1. The van der Waals surface area contributed by atoms with Gasteiger partial charge in [-0.3, -0.25) is 9.69 Å². The summed E-state index contributed by atoms with van der Waals surface area (Å²) in [6.07, 6.45) is 9.32. The lowest BCUT2D eigenvalue weighted by Gasteiger charge is -2.42. The molecule has 154 valence electrons. The molecule has 3 aliphatic rings. The van der Waals surface area contributed by atoms with Crippen LogP contribution in [0.3, 0.4) is 0 Å². The molecule has 1 aliphatic carbocycles. The van der Waals surface area contributed by atoms with Gasteiger partial charge in [0, 0.05) is 24.7 Å². The fourth-order valence-electron chi connectivity index (χ4n) is 5.07. The van der Waals surface area contributed by atoms with Crippen LogP contribution in [0.5, 0.6) is 0 Å². The highest BCUT2D eigenvalue weighted by molar-refractivity contribution is 5.80. The smallest absolute Gasteiger partial charge is 0.224 e. The van der Waals surface area contributed by atoms with Gasteiger partial charge in [0.2, 0.25) is 5.91 Å². The molecule has 0 aromatic heterocycles. The first-order chi connectivity index (χ1) is 13.7. The normalized spacial score (nSPS) is 26.1. The fraction of sp³-hybridized carbons (Fsp3) is 0.708. The molecule has 4 nitrogen and oxygen atoms in total. The molecule has 28 heavy (non-hydrogen) atoms. The molecule has 1 aromatic carbocycles. The van der Waals surface area contributed by atoms with E-state index in [0.29, 0.717) is 11.9 Å². The van der Waals surface area contributed by atoms with Gasteiger partial charge >= 0.3 is 0 Å². The SMILES string of the molecule is CCC1(NC(=O)[C@H]2CCCN(C3CCN(CCc4ccccc4)CC3)C2)CC1. The summed E-state index contributed by atoms with van der Waals surface area (Å²) in [5.74, 6) is 0.526. The van der Waals surface area contributed by atoms with Crippen LogP contribution < -0.4 is 5.32 Å². The lowest BCUT2D eigenvalue weighted by atomic mass is 9.92. The van der Waals surface area contributed by atoms with E-state index >= 15 is 0 Å². The van der Waals surface area contributed by atoms with Crippen molar-refractivity contribution in [2.75, 3.05) is 32.7 Å². The zero-order valence-electron chi connectivity index (χ0n) is 17.5. The van der Waals surface area contributed by atoms with Crippen LogP contribution in [0.1, 0.15) is 57.4 Å². The summed E-state index contributed by atoms with van der Waals surface area (Å²) >= 11 is 0. The highest BCUT2D eigenvalue weighted by atomic mass is 16.2. The van der Waals surface area contributed by atoms with Gasteiger partial charge in [-0.25, -0.2) is 0 Å². The molecule has 4 heteroatoms. The molecule has 0 unspecified atom stereocenters. The third-order valence-corrected chi connectivity index (χ3v) is 7.38. The van der Waals surface area contributed by atoms with Crippen LogP contribution in [0, 0.1) is 5.92 Å². The fourth-order valence-corrected chi connectivity index (χ4v) is 5.07. The molecule has 1 atom stereocenters. The van der Waals surface area contributed by atoms with Crippen molar-refractivity contribution in [2.45, 2.75) is 69.9 Å². The minimum Gasteiger partial charge on any atom is -0.350 e. The van der Waals surface area contributed by atoms with Crippen molar-refractivity contribution in [1.82, 2.24) is 15.1 Å². The van der Waals surface area contributed by atoms with E-state index in [1.807, 2.05) is 0 Å². The maximum Gasteiger partial charge on any atom is 0.224 e. The van der Waals surface area contributed by atoms with Crippen molar-refractivity contribution < 1.29 is 4.79 Å². The van der Waals surface area contributed by atoms with E-state index in [4.69, 9.17) is 0 Å². The summed E-state index contributed by atoms with van der Waals surface area (Å²) in [5.41, 5.74) is 1.60. The maximum absolute atomic E-state index is 12.8. The molecular weight excluding hydrogens is 346 g/mol. The molecule has 2 heterocycles. The first-order valence-corrected chi connectivity index (χ1v) is 11.5. The summed E-state index contributed by atoms with van der Waals surface area (Å²) in [6.45, 7) is 7.91. The van der Waals surface area contributed by atoms with Crippen LogP contribution in [0.4, 0.5) is 0 Å². The van der Waals surface area contributed by atoms with E-state index in [2.05, 4.69) is 52.4 Å². The molecule has 0 radical (unpaired) electrons. The van der Waals surface area contributed by atoms with Gasteiger partial charge in [-0.2, -0.15) is 0 Å². The Bertz CT molecular complexity index is 635. The number of hydrogen-bond donors (Lipinski definition) is 1. The number of rotatable bonds is 7. The standard InChI is InChI=1S/C24H37N3O/c1-2-24(13-14-24)25-23(28)21-9-6-15-27(19-21)22-11-17-26(18-12-22)16-10-20-7-4-3-5-8-20/h3-5,7-8,21-22H,2,6,9-19H2,1H3,(H,25,28)/t21-/m0/s1. The van der Waals surface area contributed by atoms with Gasteiger partial charge in [0.1, 0.15) is 0 Å². The lowest BCUT2D eigenvalue weighted by molar-refractivity contribution is -0.128. The second-order valence-electron chi connectivity index (χ2n) is 9.27. The zero-order chi connectivity index (χ0) is 19.4. The predicted molar refractivity (Wildman–Crippen MR) is 114 cm³/mol. The van der Waals surface area contributed by atoms with E-state index < -0.39 is 0 Å². The van der Waals surface area contributed by atoms with Gasteiger partial charge in [-0.1, -0.05) is 37.3 Å². The van der Waals surface area contributed by atoms with Crippen LogP contribution in [0.2, 0.25) is 0 Å². The number of nitrogens with zero attached hydrogens (tertiary/aromatic N) is 2. The second kappa shape index (κ2) is 8.96. The van der Waals surface area contributed by atoms with Gasteiger partial charge in [0.25, 0.3) is 0 Å². The van der Waals surface area contributed by atoms with Gasteiger partial charge in [0.05, 0.1) is 5.92 Å². The summed E-state index contributed by atoms with van der Waals surface area (Å²) in [6, 6.07) is 11.5. The molecule has 2 aliphatic heterocycles. The molecule has 1 amide bonds. The number of benzene rings is 1. The van der Waals surface area contributed by atoms with E-state index in [0.717, 1.165) is 25.8 Å². The van der Waals surface area contributed by atoms with Crippen LogP contribution >= 0.6 is 0 Å². The highest BCUT2D eigenvalue weighted by Gasteiger charge is 2.43. The van der Waals surface area contributed by atoms with E-state index in [1.54, 1.807) is 0 Å². The largest absolute Gasteiger partial charge is 0.350 e. The quantitative estimate of drug-likeness (QED) is 0.783. The van der Waals surface area contributed by atoms with Crippen molar-refractivity contribution in [3.63, 3.8) is 0 Å². The van der Waals surface area contributed by atoms with Crippen LogP contribution in [0.25, 0.3) is 0 Å². The van der Waals surface area contributed by atoms with Crippen LogP contribution in [-0.4, -0.2) is 60.0 Å². The van der Waals surface area contributed by atoms with Gasteiger partial charge in [0.15, 0.2) is 0 Å². The highest BCUT2D eigenvalue weighted by Crippen LogP contribution is 2.39. The van der Waals surface area contributed by atoms with Crippen molar-refractivity contribution in [3.8, 4) is 0 Å². The summed E-state index contributed by atoms with van der Waals surface area (Å²) < 4.78 is 0. The average molecular weight is 384 g/mol. The van der Waals surface area contributed by atoms with Crippen molar-refractivity contribution in [3.05, 3.63) is 35.9 Å². The Morgan fingerprint density at radius 2 is 1.86 bits per heavy atom. The molecule has 1 aromatic rings. The number of hydrogen-bond acceptors (Lipinski definition) is 3. The number of likely N-dealkylation sites (tertiary alicyclic amines) is 2. The molecule has 0 bridgehead atoms. The molecular formula is C24H37N3O. The van der Waals surface area contributed by atoms with Crippen LogP contribution in [0.15, 0.2) is 30.3 Å². The van der Waals surface area contributed by atoms with E-state index in [-0.39, 0.29) is 11.5 Å². The second-order valence-corrected chi connectivity index (χ2v) is 9.27. The lowest BCUT2D eigenvalue weighted by Crippen LogP contribution is -2.52. The molecule has 3 fully saturated rings. The number of piperidine rings is 2. The minimum atomic E-state index is 0.156. The summed E-state index contributed by atoms with van der Waals surface area (Å²) in [7, 11) is 0. The number of amides is 1. The van der Waals surface area contributed by atoms with E-state index in [1.165, 1.54) is 63.8 Å². The van der Waals surface area contributed by atoms with Crippen LogP contribution in [-0.2, 0) is 11.2 Å². The van der Waals surface area contributed by atoms with Crippen molar-refractivity contribution in [2.24, 2.45) is 5.92 Å². The molecule has 1 N–H and O–H groups in total. The minimum absolute atomic E-state index is 0.156. The van der Waals surface area contributed by atoms with Gasteiger partial charge < -0.3 is 10.2 Å². The van der Waals surface area contributed by atoms with Crippen molar-refractivity contribution in [1.29, 1.82) is 0 Å².